The van der Waals surface area contributed by atoms with E-state index < -0.39 is 0 Å². The first-order chi connectivity index (χ1) is 8.44. The molecule has 0 bridgehead atoms. The van der Waals surface area contributed by atoms with Gasteiger partial charge < -0.3 is 10.3 Å². The number of nitrogens with two attached hydrogens (primary N) is 1. The third kappa shape index (κ3) is 5.19. The molecule has 1 aromatic rings. The lowest BCUT2D eigenvalue weighted by atomic mass is 9.87. The third-order valence-corrected chi connectivity index (χ3v) is 3.53. The van der Waals surface area contributed by atoms with Gasteiger partial charge >= 0.3 is 0 Å². The largest absolute Gasteiger partial charge is 0.337 e. The fourth-order valence-corrected chi connectivity index (χ4v) is 1.96. The van der Waals surface area contributed by atoms with Crippen LogP contribution in [0.15, 0.2) is 12.4 Å². The second-order valence-electron chi connectivity index (χ2n) is 6.02. The van der Waals surface area contributed by atoms with Gasteiger partial charge in [-0.1, -0.05) is 20.3 Å². The topological polar surface area (TPSA) is 47.1 Å². The van der Waals surface area contributed by atoms with Gasteiger partial charge in [0.1, 0.15) is 5.82 Å². The molecule has 0 spiro atoms. The van der Waals surface area contributed by atoms with Gasteiger partial charge in [-0.25, -0.2) is 4.98 Å². The highest BCUT2D eigenvalue weighted by molar-refractivity contribution is 4.90. The molecule has 1 heterocycles. The quantitative estimate of drug-likeness (QED) is 0.720. The van der Waals surface area contributed by atoms with Crippen molar-refractivity contribution in [2.45, 2.75) is 39.7 Å². The molecule has 18 heavy (non-hydrogen) atoms. The Morgan fingerprint density at radius 3 is 2.67 bits per heavy atom. The van der Waals surface area contributed by atoms with E-state index in [0.717, 1.165) is 25.5 Å². The lowest BCUT2D eigenvalue weighted by Gasteiger charge is -2.23. The molecule has 0 aliphatic heterocycles. The van der Waals surface area contributed by atoms with Gasteiger partial charge in [-0.2, -0.15) is 0 Å². The molecule has 0 fully saturated rings. The summed E-state index contributed by atoms with van der Waals surface area (Å²) in [6, 6.07) is 0. The predicted molar refractivity (Wildman–Crippen MR) is 76.2 cm³/mol. The minimum atomic E-state index is 0.290. The van der Waals surface area contributed by atoms with Crippen molar-refractivity contribution in [3.05, 3.63) is 18.2 Å². The third-order valence-electron chi connectivity index (χ3n) is 3.53. The van der Waals surface area contributed by atoms with Crippen molar-refractivity contribution in [1.29, 1.82) is 0 Å². The molecule has 2 N–H and O–H groups in total. The Morgan fingerprint density at radius 2 is 2.11 bits per heavy atom. The van der Waals surface area contributed by atoms with Crippen molar-refractivity contribution >= 4 is 0 Å². The van der Waals surface area contributed by atoms with Crippen LogP contribution in [0, 0.1) is 5.41 Å². The average molecular weight is 252 g/mol. The Labute approximate surface area is 111 Å². The maximum atomic E-state index is 5.73. The minimum absolute atomic E-state index is 0.290. The van der Waals surface area contributed by atoms with Gasteiger partial charge in [0, 0.05) is 19.4 Å². The molecule has 4 nitrogen and oxygen atoms in total. The molecule has 0 saturated heterocycles. The maximum Gasteiger partial charge on any atom is 0.122 e. The molecule has 104 valence electrons. The van der Waals surface area contributed by atoms with Crippen molar-refractivity contribution in [2.75, 3.05) is 20.1 Å². The minimum Gasteiger partial charge on any atom is -0.337 e. The second-order valence-corrected chi connectivity index (χ2v) is 6.02. The number of aromatic nitrogens is 2. The highest BCUT2D eigenvalue weighted by atomic mass is 15.1. The standard InChI is InChI=1S/C14H28N4/c1-14(2,12-15)7-5-6-9-17(3)11-13-16-8-10-18(13)4/h8,10H,5-7,9,11-12,15H2,1-4H3. The second kappa shape index (κ2) is 6.90. The number of aryl methyl sites for hydroxylation is 1. The molecule has 0 radical (unpaired) electrons. The van der Waals surface area contributed by atoms with Gasteiger partial charge in [0.2, 0.25) is 0 Å². The summed E-state index contributed by atoms with van der Waals surface area (Å²) in [6.45, 7) is 7.29. The van der Waals surface area contributed by atoms with Gasteiger partial charge in [0.05, 0.1) is 6.54 Å². The van der Waals surface area contributed by atoms with Crippen LogP contribution in [0.2, 0.25) is 0 Å². The molecule has 4 heteroatoms. The van der Waals surface area contributed by atoms with Crippen LogP contribution in [0.4, 0.5) is 0 Å². The lowest BCUT2D eigenvalue weighted by Crippen LogP contribution is -2.24. The summed E-state index contributed by atoms with van der Waals surface area (Å²) in [5.74, 6) is 1.12. The maximum absolute atomic E-state index is 5.73. The highest BCUT2D eigenvalue weighted by Crippen LogP contribution is 2.21. The van der Waals surface area contributed by atoms with E-state index in [2.05, 4.69) is 35.3 Å². The van der Waals surface area contributed by atoms with Gasteiger partial charge in [0.15, 0.2) is 0 Å². The zero-order valence-corrected chi connectivity index (χ0v) is 12.3. The van der Waals surface area contributed by atoms with Crippen LogP contribution in [-0.2, 0) is 13.6 Å². The molecule has 1 rings (SSSR count). The normalized spacial score (nSPS) is 12.3. The smallest absolute Gasteiger partial charge is 0.122 e. The highest BCUT2D eigenvalue weighted by Gasteiger charge is 2.14. The molecular formula is C14H28N4. The van der Waals surface area contributed by atoms with Gasteiger partial charge in [-0.3, -0.25) is 4.90 Å². The van der Waals surface area contributed by atoms with Crippen molar-refractivity contribution < 1.29 is 0 Å². The first kappa shape index (κ1) is 15.2. The average Bonchev–Trinajstić information content (AvgIpc) is 2.71. The number of hydrogen-bond acceptors (Lipinski definition) is 3. The Balaban J connectivity index is 2.18. The van der Waals surface area contributed by atoms with Crippen molar-refractivity contribution in [2.24, 2.45) is 18.2 Å². The van der Waals surface area contributed by atoms with E-state index >= 15 is 0 Å². The first-order valence-electron chi connectivity index (χ1n) is 6.79. The molecular weight excluding hydrogens is 224 g/mol. The summed E-state index contributed by atoms with van der Waals surface area (Å²) in [4.78, 5) is 6.67. The number of hydrogen-bond donors (Lipinski definition) is 1. The van der Waals surface area contributed by atoms with E-state index in [9.17, 15) is 0 Å². The van der Waals surface area contributed by atoms with Crippen LogP contribution in [0.5, 0.6) is 0 Å². The summed E-state index contributed by atoms with van der Waals surface area (Å²) in [6.07, 6.45) is 7.53. The molecule has 0 aromatic carbocycles. The van der Waals surface area contributed by atoms with Crippen LogP contribution >= 0.6 is 0 Å². The predicted octanol–water partition coefficient (Wildman–Crippen LogP) is 2.01. The zero-order chi connectivity index (χ0) is 13.6. The number of rotatable bonds is 8. The molecule has 0 saturated carbocycles. The van der Waals surface area contributed by atoms with E-state index in [4.69, 9.17) is 5.73 Å². The summed E-state index contributed by atoms with van der Waals surface area (Å²) >= 11 is 0. The Hall–Kier alpha value is -0.870. The van der Waals surface area contributed by atoms with E-state index in [1.807, 2.05) is 19.4 Å². The van der Waals surface area contributed by atoms with E-state index in [1.165, 1.54) is 19.3 Å². The summed E-state index contributed by atoms with van der Waals surface area (Å²) in [5.41, 5.74) is 6.02. The Bertz CT molecular complexity index is 343. The van der Waals surface area contributed by atoms with Gasteiger partial charge in [-0.15, -0.1) is 0 Å². The molecule has 0 amide bonds. The van der Waals surface area contributed by atoms with Gasteiger partial charge in [0.25, 0.3) is 0 Å². The van der Waals surface area contributed by atoms with E-state index in [1.54, 1.807) is 0 Å². The summed E-state index contributed by atoms with van der Waals surface area (Å²) < 4.78 is 2.08. The SMILES string of the molecule is CN(CCCCC(C)(C)CN)Cc1nccn1C. The number of unbranched alkanes of at least 4 members (excludes halogenated alkanes) is 1. The van der Waals surface area contributed by atoms with E-state index in [0.29, 0.717) is 0 Å². The molecule has 0 aliphatic carbocycles. The Morgan fingerprint density at radius 1 is 1.39 bits per heavy atom. The van der Waals surface area contributed by atoms with Crippen molar-refractivity contribution in [3.63, 3.8) is 0 Å². The van der Waals surface area contributed by atoms with Crippen molar-refractivity contribution in [3.8, 4) is 0 Å². The van der Waals surface area contributed by atoms with E-state index in [-0.39, 0.29) is 5.41 Å². The van der Waals surface area contributed by atoms with Crippen LogP contribution in [0.3, 0.4) is 0 Å². The first-order valence-corrected chi connectivity index (χ1v) is 6.79. The molecule has 0 unspecified atom stereocenters. The number of nitrogens with zero attached hydrogens (tertiary/aromatic N) is 3. The lowest BCUT2D eigenvalue weighted by molar-refractivity contribution is 0.283. The fraction of sp³-hybridized carbons (Fsp3) is 0.786. The zero-order valence-electron chi connectivity index (χ0n) is 12.3. The van der Waals surface area contributed by atoms with Crippen LogP contribution in [0.25, 0.3) is 0 Å². The van der Waals surface area contributed by atoms with Crippen molar-refractivity contribution in [1.82, 2.24) is 14.5 Å². The summed E-state index contributed by atoms with van der Waals surface area (Å²) in [5, 5.41) is 0. The fourth-order valence-electron chi connectivity index (χ4n) is 1.96. The molecule has 0 aliphatic rings. The van der Waals surface area contributed by atoms with Crippen LogP contribution in [0.1, 0.15) is 38.9 Å². The molecule has 1 aromatic heterocycles. The summed E-state index contributed by atoms with van der Waals surface area (Å²) in [7, 11) is 4.20. The molecule has 0 atom stereocenters. The monoisotopic (exact) mass is 252 g/mol. The number of imidazole rings is 1. The van der Waals surface area contributed by atoms with Gasteiger partial charge in [-0.05, 0) is 38.4 Å². The van der Waals surface area contributed by atoms with Crippen LogP contribution in [-0.4, -0.2) is 34.6 Å². The van der Waals surface area contributed by atoms with Crippen LogP contribution < -0.4 is 5.73 Å². The Kier molecular flexibility index (Phi) is 5.82.